The van der Waals surface area contributed by atoms with E-state index in [1.54, 1.807) is 0 Å². The number of methoxy groups -OCH3 is 1. The van der Waals surface area contributed by atoms with Gasteiger partial charge in [-0.05, 0) is 6.42 Å². The summed E-state index contributed by atoms with van der Waals surface area (Å²) in [4.78, 5) is 11.2. The molecule has 2 N–H and O–H groups in total. The number of rotatable bonds is 1. The molecule has 0 aromatic rings. The van der Waals surface area contributed by atoms with Crippen LogP contribution >= 0.6 is 0 Å². The van der Waals surface area contributed by atoms with Crippen LogP contribution in [0.25, 0.3) is 0 Å². The van der Waals surface area contributed by atoms with Crippen molar-refractivity contribution in [1.29, 1.82) is 0 Å². The maximum Gasteiger partial charge on any atom is 0.311 e. The summed E-state index contributed by atoms with van der Waals surface area (Å²) in [5.74, 6) is -0.799. The first-order valence-corrected chi connectivity index (χ1v) is 4.24. The lowest BCUT2D eigenvalue weighted by atomic mass is 9.85. The Morgan fingerprint density at radius 3 is 2.62 bits per heavy atom. The SMILES string of the molecule is COC(=O)[C@@H]1C[C@H]2O[C@@H]1[C@H](O)[C@@H]2O. The Morgan fingerprint density at radius 1 is 1.46 bits per heavy atom. The molecule has 0 aromatic heterocycles. The first-order valence-electron chi connectivity index (χ1n) is 4.24. The van der Waals surface area contributed by atoms with E-state index in [2.05, 4.69) is 4.74 Å². The Balaban J connectivity index is 2.10. The zero-order chi connectivity index (χ0) is 9.59. The molecule has 0 amide bonds. The Hall–Kier alpha value is -0.650. The second kappa shape index (κ2) is 2.94. The van der Waals surface area contributed by atoms with E-state index < -0.39 is 30.3 Å². The number of hydrogen-bond acceptors (Lipinski definition) is 5. The van der Waals surface area contributed by atoms with Gasteiger partial charge in [0.2, 0.25) is 0 Å². The maximum atomic E-state index is 11.2. The molecule has 2 saturated heterocycles. The number of esters is 1. The van der Waals surface area contributed by atoms with Gasteiger partial charge in [-0.1, -0.05) is 0 Å². The van der Waals surface area contributed by atoms with Gasteiger partial charge in [0.25, 0.3) is 0 Å². The van der Waals surface area contributed by atoms with Crippen LogP contribution in [0.5, 0.6) is 0 Å². The molecule has 2 bridgehead atoms. The second-order valence-electron chi connectivity index (χ2n) is 3.49. The molecule has 0 saturated carbocycles. The molecular weight excluding hydrogens is 176 g/mol. The van der Waals surface area contributed by atoms with Crippen LogP contribution in [-0.2, 0) is 14.3 Å². The summed E-state index contributed by atoms with van der Waals surface area (Å²) in [6, 6.07) is 0. The largest absolute Gasteiger partial charge is 0.469 e. The predicted octanol–water partition coefficient (Wildman–Crippen LogP) is -1.33. The lowest BCUT2D eigenvalue weighted by Crippen LogP contribution is -2.44. The molecule has 2 heterocycles. The van der Waals surface area contributed by atoms with Crippen molar-refractivity contribution in [2.24, 2.45) is 5.92 Å². The molecule has 2 fully saturated rings. The molecule has 0 spiro atoms. The lowest BCUT2D eigenvalue weighted by Gasteiger charge is -2.24. The van der Waals surface area contributed by atoms with Crippen molar-refractivity contribution in [1.82, 2.24) is 0 Å². The summed E-state index contributed by atoms with van der Waals surface area (Å²) < 4.78 is 9.79. The first kappa shape index (κ1) is 8.93. The molecule has 0 aromatic carbocycles. The van der Waals surface area contributed by atoms with Gasteiger partial charge in [-0.3, -0.25) is 4.79 Å². The molecule has 2 aliphatic rings. The number of carbonyl (C=O) groups excluding carboxylic acids is 1. The monoisotopic (exact) mass is 188 g/mol. The molecule has 5 heteroatoms. The number of aliphatic hydroxyl groups excluding tert-OH is 2. The van der Waals surface area contributed by atoms with Crippen molar-refractivity contribution in [3.05, 3.63) is 0 Å². The van der Waals surface area contributed by atoms with Gasteiger partial charge in [-0.2, -0.15) is 0 Å². The number of hydrogen-bond donors (Lipinski definition) is 2. The van der Waals surface area contributed by atoms with Gasteiger partial charge in [0.05, 0.1) is 25.2 Å². The summed E-state index contributed by atoms with van der Waals surface area (Å²) in [5, 5.41) is 18.8. The van der Waals surface area contributed by atoms with Crippen LogP contribution in [-0.4, -0.2) is 47.7 Å². The summed E-state index contributed by atoms with van der Waals surface area (Å²) in [6.45, 7) is 0. The van der Waals surface area contributed by atoms with Crippen molar-refractivity contribution in [2.45, 2.75) is 30.8 Å². The standard InChI is InChI=1S/C8H12O5/c1-12-8(11)3-2-4-5(9)6(10)7(3)13-4/h3-7,9-10H,2H2,1H3/t3-,4-,5-,6-,7+/m1/s1. The van der Waals surface area contributed by atoms with Crippen molar-refractivity contribution < 1.29 is 24.5 Å². The molecule has 2 aliphatic heterocycles. The van der Waals surface area contributed by atoms with Gasteiger partial charge in [0.1, 0.15) is 12.2 Å². The fourth-order valence-electron chi connectivity index (χ4n) is 2.07. The third-order valence-electron chi connectivity index (χ3n) is 2.79. The highest BCUT2D eigenvalue weighted by Crippen LogP contribution is 2.39. The highest BCUT2D eigenvalue weighted by atomic mass is 16.6. The van der Waals surface area contributed by atoms with E-state index in [-0.39, 0.29) is 5.97 Å². The smallest absolute Gasteiger partial charge is 0.311 e. The van der Waals surface area contributed by atoms with Crippen LogP contribution in [0.1, 0.15) is 6.42 Å². The Kier molecular flexibility index (Phi) is 2.02. The van der Waals surface area contributed by atoms with Crippen molar-refractivity contribution in [3.8, 4) is 0 Å². The van der Waals surface area contributed by atoms with E-state index in [1.807, 2.05) is 0 Å². The summed E-state index contributed by atoms with van der Waals surface area (Å²) in [7, 11) is 1.30. The highest BCUT2D eigenvalue weighted by molar-refractivity contribution is 5.73. The number of fused-ring (bicyclic) bond motifs is 2. The van der Waals surface area contributed by atoms with E-state index in [1.165, 1.54) is 7.11 Å². The van der Waals surface area contributed by atoms with Gasteiger partial charge in [-0.15, -0.1) is 0 Å². The lowest BCUT2D eigenvalue weighted by molar-refractivity contribution is -0.149. The molecule has 5 atom stereocenters. The average Bonchev–Trinajstić information content (AvgIpc) is 2.67. The zero-order valence-corrected chi connectivity index (χ0v) is 7.21. The Bertz CT molecular complexity index is 227. The van der Waals surface area contributed by atoms with E-state index in [9.17, 15) is 15.0 Å². The van der Waals surface area contributed by atoms with E-state index in [0.717, 1.165) is 0 Å². The first-order chi connectivity index (χ1) is 6.15. The Morgan fingerprint density at radius 2 is 2.15 bits per heavy atom. The van der Waals surface area contributed by atoms with Crippen molar-refractivity contribution in [2.75, 3.05) is 7.11 Å². The van der Waals surface area contributed by atoms with Crippen LogP contribution in [0.4, 0.5) is 0 Å². The molecule has 0 unspecified atom stereocenters. The quantitative estimate of drug-likeness (QED) is 0.498. The highest BCUT2D eigenvalue weighted by Gasteiger charge is 2.55. The summed E-state index contributed by atoms with van der Waals surface area (Å²) in [5.41, 5.74) is 0. The molecule has 0 radical (unpaired) electrons. The fraction of sp³-hybridized carbons (Fsp3) is 0.875. The van der Waals surface area contributed by atoms with Crippen molar-refractivity contribution >= 4 is 5.97 Å². The van der Waals surface area contributed by atoms with Crippen LogP contribution in [0.3, 0.4) is 0 Å². The van der Waals surface area contributed by atoms with Gasteiger partial charge in [-0.25, -0.2) is 0 Å². The average molecular weight is 188 g/mol. The molecule has 2 rings (SSSR count). The van der Waals surface area contributed by atoms with Gasteiger partial charge < -0.3 is 19.7 Å². The topological polar surface area (TPSA) is 76.0 Å². The molecule has 13 heavy (non-hydrogen) atoms. The van der Waals surface area contributed by atoms with E-state index >= 15 is 0 Å². The number of ether oxygens (including phenoxy) is 2. The molecule has 5 nitrogen and oxygen atoms in total. The normalized spacial score (nSPS) is 48.1. The maximum absolute atomic E-state index is 11.2. The second-order valence-corrected chi connectivity index (χ2v) is 3.49. The van der Waals surface area contributed by atoms with Crippen LogP contribution < -0.4 is 0 Å². The van der Waals surface area contributed by atoms with Gasteiger partial charge >= 0.3 is 5.97 Å². The predicted molar refractivity (Wildman–Crippen MR) is 40.8 cm³/mol. The van der Waals surface area contributed by atoms with Crippen molar-refractivity contribution in [3.63, 3.8) is 0 Å². The minimum atomic E-state index is -0.956. The Labute approximate surface area is 75.3 Å². The van der Waals surface area contributed by atoms with Gasteiger partial charge in [0, 0.05) is 0 Å². The fourth-order valence-corrected chi connectivity index (χ4v) is 2.07. The van der Waals surface area contributed by atoms with E-state index in [4.69, 9.17) is 4.74 Å². The van der Waals surface area contributed by atoms with Crippen LogP contribution in [0, 0.1) is 5.92 Å². The molecule has 0 aliphatic carbocycles. The third kappa shape index (κ3) is 1.15. The molecule has 74 valence electrons. The van der Waals surface area contributed by atoms with Gasteiger partial charge in [0.15, 0.2) is 0 Å². The number of aliphatic hydroxyl groups is 2. The third-order valence-corrected chi connectivity index (χ3v) is 2.79. The minimum absolute atomic E-state index is 0.376. The summed E-state index contributed by atoms with van der Waals surface area (Å²) in [6.07, 6.45) is -2.37. The van der Waals surface area contributed by atoms with Crippen LogP contribution in [0.15, 0.2) is 0 Å². The van der Waals surface area contributed by atoms with E-state index in [0.29, 0.717) is 6.42 Å². The van der Waals surface area contributed by atoms with Crippen LogP contribution in [0.2, 0.25) is 0 Å². The zero-order valence-electron chi connectivity index (χ0n) is 7.21. The number of carbonyl (C=O) groups is 1. The minimum Gasteiger partial charge on any atom is -0.469 e. The summed E-state index contributed by atoms with van der Waals surface area (Å²) >= 11 is 0. The molecular formula is C8H12O5.